The summed E-state index contributed by atoms with van der Waals surface area (Å²) in [6.45, 7) is 4.75. The number of carbonyl (C=O) groups excluding carboxylic acids is 3. The van der Waals surface area contributed by atoms with E-state index in [4.69, 9.17) is 25.8 Å². The maximum absolute atomic E-state index is 13.6. The zero-order valence-corrected chi connectivity index (χ0v) is 27.7. The molecule has 3 aliphatic rings. The minimum Gasteiger partial charge on any atom is -0.507 e. The predicted octanol–water partition coefficient (Wildman–Crippen LogP) is 5.93. The molecule has 3 aromatic carbocycles. The van der Waals surface area contributed by atoms with E-state index in [1.807, 2.05) is 24.3 Å². The molecule has 3 aliphatic heterocycles. The molecule has 3 amide bonds. The summed E-state index contributed by atoms with van der Waals surface area (Å²) < 4.78 is 16.9. The first-order valence-corrected chi connectivity index (χ1v) is 16.8. The Balaban J connectivity index is 1.11. The molecule has 48 heavy (non-hydrogen) atoms. The molecule has 0 aliphatic carbocycles. The average Bonchev–Trinajstić information content (AvgIpc) is 3.72. The molecule has 1 unspecified atom stereocenters. The van der Waals surface area contributed by atoms with E-state index < -0.39 is 18.4 Å². The van der Waals surface area contributed by atoms with Crippen LogP contribution in [0.1, 0.15) is 60.4 Å². The van der Waals surface area contributed by atoms with Crippen LogP contribution >= 0.6 is 11.6 Å². The van der Waals surface area contributed by atoms with E-state index in [1.165, 1.54) is 25.3 Å². The van der Waals surface area contributed by atoms with Crippen LogP contribution in [0.15, 0.2) is 55.1 Å². The fraction of sp³-hybridized carbons (Fsp3) is 0.417. The van der Waals surface area contributed by atoms with Crippen molar-refractivity contribution in [3.05, 3.63) is 66.2 Å². The highest BCUT2D eigenvalue weighted by atomic mass is 35.5. The number of fused-ring (bicyclic) bond motifs is 5. The Hall–Kier alpha value is -4.48. The lowest BCUT2D eigenvalue weighted by Crippen LogP contribution is -2.50. The summed E-state index contributed by atoms with van der Waals surface area (Å²) in [5.74, 6) is 0.784. The lowest BCUT2D eigenvalue weighted by Gasteiger charge is -2.31. The van der Waals surface area contributed by atoms with Crippen molar-refractivity contribution in [2.24, 2.45) is 0 Å². The second-order valence-electron chi connectivity index (χ2n) is 12.3. The number of benzene rings is 3. The summed E-state index contributed by atoms with van der Waals surface area (Å²) in [6, 6.07) is 11.8. The molecule has 3 atom stereocenters. The maximum atomic E-state index is 13.6. The van der Waals surface area contributed by atoms with Crippen LogP contribution in [0.4, 0.5) is 16.2 Å². The number of rotatable bonds is 11. The van der Waals surface area contributed by atoms with Crippen molar-refractivity contribution in [3.8, 4) is 17.2 Å². The first-order chi connectivity index (χ1) is 23.3. The molecule has 0 spiro atoms. The second-order valence-corrected chi connectivity index (χ2v) is 12.6. The van der Waals surface area contributed by atoms with Gasteiger partial charge in [-0.2, -0.15) is 0 Å². The average molecular weight is 678 g/mol. The third-order valence-corrected chi connectivity index (χ3v) is 9.76. The third-order valence-electron chi connectivity index (χ3n) is 9.39. The van der Waals surface area contributed by atoms with E-state index >= 15 is 0 Å². The van der Waals surface area contributed by atoms with Gasteiger partial charge in [-0.25, -0.2) is 9.69 Å². The minimum atomic E-state index is -1.31. The Kier molecular flexibility index (Phi) is 9.98. The number of methoxy groups -OCH3 is 1. The van der Waals surface area contributed by atoms with E-state index in [0.717, 1.165) is 21.2 Å². The number of phenolic OH excluding ortho intramolecular Hbond substituents is 1. The van der Waals surface area contributed by atoms with Gasteiger partial charge in [0.15, 0.2) is 17.7 Å². The topological polar surface area (TPSA) is 129 Å². The summed E-state index contributed by atoms with van der Waals surface area (Å²) in [4.78, 5) is 44.5. The molecule has 1 fully saturated rings. The van der Waals surface area contributed by atoms with Crippen molar-refractivity contribution in [1.82, 2.24) is 4.90 Å². The van der Waals surface area contributed by atoms with Crippen molar-refractivity contribution < 1.29 is 38.8 Å². The standard InChI is InChI=1S/C36H40ClN3O8/c1-3-15-48-36(45)40-27-19-31(30(46-2)17-25(27)34(43)38-14-9-12-26(38)35(40)44)47-16-8-4-5-13-32(42)39-21-22(20-37)33-24-11-7-6-10-23(24)29(41)18-28(33)39/h3,6-7,10-11,17-19,22,26,35,41,44H,1,4-5,8-9,12-16,20-21H2,2H3/t22-,26+,35?/m1/s1. The van der Waals surface area contributed by atoms with Crippen molar-refractivity contribution in [1.29, 1.82) is 0 Å². The highest BCUT2D eigenvalue weighted by molar-refractivity contribution is 6.19. The van der Waals surface area contributed by atoms with Crippen LogP contribution in [0.3, 0.4) is 0 Å². The number of unbranched alkanes of at least 4 members (excludes halogenated alkanes) is 2. The minimum absolute atomic E-state index is 0.0200. The van der Waals surface area contributed by atoms with Gasteiger partial charge >= 0.3 is 6.09 Å². The number of aliphatic hydroxyl groups excluding tert-OH is 1. The molecule has 3 heterocycles. The van der Waals surface area contributed by atoms with Gasteiger partial charge in [0.25, 0.3) is 5.91 Å². The number of aromatic hydroxyl groups is 1. The molecule has 11 nitrogen and oxygen atoms in total. The van der Waals surface area contributed by atoms with Gasteiger partial charge in [-0.1, -0.05) is 36.9 Å². The maximum Gasteiger partial charge on any atom is 0.416 e. The van der Waals surface area contributed by atoms with Gasteiger partial charge in [0.1, 0.15) is 12.4 Å². The molecule has 2 N–H and O–H groups in total. The summed E-state index contributed by atoms with van der Waals surface area (Å²) in [7, 11) is 1.47. The van der Waals surface area contributed by atoms with Crippen molar-refractivity contribution >= 4 is 51.7 Å². The predicted molar refractivity (Wildman–Crippen MR) is 182 cm³/mol. The Morgan fingerprint density at radius 2 is 1.88 bits per heavy atom. The quantitative estimate of drug-likeness (QED) is 0.145. The van der Waals surface area contributed by atoms with Gasteiger partial charge in [0, 0.05) is 48.8 Å². The Morgan fingerprint density at radius 1 is 1.08 bits per heavy atom. The van der Waals surface area contributed by atoms with Crippen molar-refractivity contribution in [2.75, 3.05) is 49.1 Å². The highest BCUT2D eigenvalue weighted by Gasteiger charge is 2.45. The molecule has 0 saturated carbocycles. The van der Waals surface area contributed by atoms with E-state index in [-0.39, 0.29) is 47.9 Å². The van der Waals surface area contributed by atoms with Crippen LogP contribution in [-0.4, -0.2) is 84.6 Å². The number of carbonyl (C=O) groups is 3. The van der Waals surface area contributed by atoms with Crippen LogP contribution in [0.2, 0.25) is 0 Å². The van der Waals surface area contributed by atoms with Gasteiger partial charge in [0.05, 0.1) is 36.7 Å². The summed E-state index contributed by atoms with van der Waals surface area (Å²) in [5, 5.41) is 23.6. The zero-order valence-electron chi connectivity index (χ0n) is 26.9. The normalized spacial score (nSPS) is 19.9. The van der Waals surface area contributed by atoms with E-state index in [1.54, 1.807) is 15.9 Å². The lowest BCUT2D eigenvalue weighted by molar-refractivity contribution is -0.118. The van der Waals surface area contributed by atoms with E-state index in [9.17, 15) is 24.6 Å². The van der Waals surface area contributed by atoms with Crippen molar-refractivity contribution in [2.45, 2.75) is 56.7 Å². The number of halogens is 1. The number of anilines is 2. The molecular formula is C36H40ClN3O8. The van der Waals surface area contributed by atoms with Gasteiger partial charge in [0.2, 0.25) is 5.91 Å². The molecule has 1 saturated heterocycles. The molecule has 0 bridgehead atoms. The third kappa shape index (κ3) is 6.12. The first-order valence-electron chi connectivity index (χ1n) is 16.3. The molecular weight excluding hydrogens is 638 g/mol. The number of nitrogens with zero attached hydrogens (tertiary/aromatic N) is 3. The summed E-state index contributed by atoms with van der Waals surface area (Å²) >= 11 is 6.32. The second kappa shape index (κ2) is 14.3. The summed E-state index contributed by atoms with van der Waals surface area (Å²) in [6.07, 6.45) is 2.86. The molecule has 12 heteroatoms. The van der Waals surface area contributed by atoms with Gasteiger partial charge < -0.3 is 34.2 Å². The van der Waals surface area contributed by atoms with Gasteiger partial charge in [-0.05, 0) is 49.1 Å². The fourth-order valence-corrected chi connectivity index (χ4v) is 7.34. The van der Waals surface area contributed by atoms with Crippen LogP contribution in [0.5, 0.6) is 17.2 Å². The molecule has 254 valence electrons. The molecule has 6 rings (SSSR count). The van der Waals surface area contributed by atoms with Crippen LogP contribution in [-0.2, 0) is 9.53 Å². The van der Waals surface area contributed by atoms with Crippen LogP contribution in [0.25, 0.3) is 10.8 Å². The number of aliphatic hydroxyl groups is 1. The smallest absolute Gasteiger partial charge is 0.416 e. The SMILES string of the molecule is C=CCOC(=O)N1c2cc(OCCCCCC(=O)N3C[C@@H](CCl)c4c3cc(O)c3ccccc43)c(OC)cc2C(=O)N2CCC[C@H]2C1O. The zero-order chi connectivity index (χ0) is 33.9. The van der Waals surface area contributed by atoms with Gasteiger partial charge in [-0.3, -0.25) is 9.59 Å². The number of ether oxygens (including phenoxy) is 3. The van der Waals surface area contributed by atoms with E-state index in [2.05, 4.69) is 6.58 Å². The first kappa shape index (κ1) is 33.4. The number of hydrogen-bond donors (Lipinski definition) is 2. The monoisotopic (exact) mass is 677 g/mol. The Morgan fingerprint density at radius 3 is 2.62 bits per heavy atom. The van der Waals surface area contributed by atoms with Crippen LogP contribution in [0, 0.1) is 0 Å². The fourth-order valence-electron chi connectivity index (χ4n) is 7.08. The highest BCUT2D eigenvalue weighted by Crippen LogP contribution is 2.46. The van der Waals surface area contributed by atoms with E-state index in [0.29, 0.717) is 74.7 Å². The number of phenols is 1. The van der Waals surface area contributed by atoms with Crippen molar-refractivity contribution in [3.63, 3.8) is 0 Å². The molecule has 3 aromatic rings. The molecule has 0 radical (unpaired) electrons. The number of hydrogen-bond acceptors (Lipinski definition) is 8. The number of alkyl halides is 1. The molecule has 0 aromatic heterocycles. The largest absolute Gasteiger partial charge is 0.507 e. The Labute approximate surface area is 284 Å². The summed E-state index contributed by atoms with van der Waals surface area (Å²) in [5.41, 5.74) is 2.10. The van der Waals surface area contributed by atoms with Crippen LogP contribution < -0.4 is 19.3 Å². The lowest BCUT2D eigenvalue weighted by atomic mass is 9.95. The van der Waals surface area contributed by atoms with Gasteiger partial charge in [-0.15, -0.1) is 11.6 Å². The number of amides is 3. The Bertz CT molecular complexity index is 1730.